The number of carboxylic acid groups (broad SMARTS) is 1. The zero-order valence-corrected chi connectivity index (χ0v) is 20.2. The van der Waals surface area contributed by atoms with Gasteiger partial charge in [-0.15, -0.1) is 0 Å². The van der Waals surface area contributed by atoms with E-state index in [1.54, 1.807) is 12.1 Å². The molecule has 33 heavy (non-hydrogen) atoms. The Balaban J connectivity index is 1.97. The van der Waals surface area contributed by atoms with Gasteiger partial charge in [-0.3, -0.25) is 4.79 Å². The maximum Gasteiger partial charge on any atom is 0.335 e. The first-order chi connectivity index (χ1) is 16.1. The topological polar surface area (TPSA) is 66.4 Å². The monoisotopic (exact) mass is 451 g/mol. The molecule has 1 rings (SSSR count). The zero-order valence-electron chi connectivity index (χ0n) is 20.2. The number of amides is 1. The molecule has 0 spiro atoms. The lowest BCUT2D eigenvalue weighted by molar-refractivity contribution is -0.116. The molecule has 0 fully saturated rings. The molecule has 0 aromatic heterocycles. The number of unbranched alkanes of at least 4 members (excludes halogenated alkanes) is 6. The number of carbonyl (C=O) groups excluding carboxylic acids is 1. The Morgan fingerprint density at radius 3 is 1.76 bits per heavy atom. The van der Waals surface area contributed by atoms with Gasteiger partial charge in [-0.05, 0) is 75.6 Å². The Bertz CT molecular complexity index is 773. The second-order valence-corrected chi connectivity index (χ2v) is 8.12. The summed E-state index contributed by atoms with van der Waals surface area (Å²) in [7, 11) is 0. The summed E-state index contributed by atoms with van der Waals surface area (Å²) < 4.78 is 0. The maximum atomic E-state index is 12.0. The minimum absolute atomic E-state index is 0.0317. The Morgan fingerprint density at radius 1 is 0.727 bits per heavy atom. The quantitative estimate of drug-likeness (QED) is 0.174. The van der Waals surface area contributed by atoms with E-state index in [1.807, 2.05) is 0 Å². The minimum atomic E-state index is -0.970. The zero-order chi connectivity index (χ0) is 24.0. The van der Waals surface area contributed by atoms with Gasteiger partial charge in [0.1, 0.15) is 0 Å². The van der Waals surface area contributed by atoms with Crippen molar-refractivity contribution in [3.8, 4) is 0 Å². The molecule has 0 aliphatic heterocycles. The van der Waals surface area contributed by atoms with E-state index in [9.17, 15) is 9.59 Å². The molecular weight excluding hydrogens is 410 g/mol. The first kappa shape index (κ1) is 28.2. The SMILES string of the molecule is CCCCC/C=C\C/C=C\C/C=C\C/C=C\CCCCCC(=O)Nc1ccc(C(=O)O)cc1. The number of benzene rings is 1. The number of aromatic carboxylic acids is 1. The predicted octanol–water partition coefficient (Wildman–Crippen LogP) is 8.25. The van der Waals surface area contributed by atoms with Gasteiger partial charge in [0.05, 0.1) is 5.56 Å². The van der Waals surface area contributed by atoms with Crippen LogP contribution in [0.5, 0.6) is 0 Å². The molecule has 2 N–H and O–H groups in total. The molecule has 0 unspecified atom stereocenters. The fourth-order valence-corrected chi connectivity index (χ4v) is 3.21. The molecule has 0 bridgehead atoms. The molecule has 0 radical (unpaired) electrons. The summed E-state index contributed by atoms with van der Waals surface area (Å²) in [5.74, 6) is -1.00. The molecule has 0 aliphatic carbocycles. The molecule has 0 atom stereocenters. The Kier molecular flexibility index (Phi) is 16.9. The number of hydrogen-bond donors (Lipinski definition) is 2. The molecule has 0 aliphatic rings. The number of allylic oxidation sites excluding steroid dienone is 8. The van der Waals surface area contributed by atoms with Crippen molar-refractivity contribution in [1.82, 2.24) is 0 Å². The van der Waals surface area contributed by atoms with Crippen molar-refractivity contribution in [2.24, 2.45) is 0 Å². The van der Waals surface area contributed by atoms with Crippen LogP contribution in [0.25, 0.3) is 0 Å². The molecular formula is C29H41NO3. The summed E-state index contributed by atoms with van der Waals surface area (Å²) in [6.45, 7) is 2.23. The largest absolute Gasteiger partial charge is 0.478 e. The summed E-state index contributed by atoms with van der Waals surface area (Å²) in [6.07, 6.45) is 30.4. The average Bonchev–Trinajstić information content (AvgIpc) is 2.81. The van der Waals surface area contributed by atoms with Crippen molar-refractivity contribution < 1.29 is 14.7 Å². The predicted molar refractivity (Wildman–Crippen MR) is 140 cm³/mol. The maximum absolute atomic E-state index is 12.0. The first-order valence-corrected chi connectivity index (χ1v) is 12.4. The highest BCUT2D eigenvalue weighted by Crippen LogP contribution is 2.11. The van der Waals surface area contributed by atoms with Crippen LogP contribution in [-0.4, -0.2) is 17.0 Å². The molecule has 0 heterocycles. The van der Waals surface area contributed by atoms with Crippen LogP contribution in [-0.2, 0) is 4.79 Å². The average molecular weight is 452 g/mol. The van der Waals surface area contributed by atoms with Crippen molar-refractivity contribution >= 4 is 17.6 Å². The summed E-state index contributed by atoms with van der Waals surface area (Å²) >= 11 is 0. The lowest BCUT2D eigenvalue weighted by atomic mass is 10.1. The third kappa shape index (κ3) is 16.4. The molecule has 4 nitrogen and oxygen atoms in total. The van der Waals surface area contributed by atoms with Crippen LogP contribution in [0.3, 0.4) is 0 Å². The van der Waals surface area contributed by atoms with Crippen LogP contribution in [0, 0.1) is 0 Å². The van der Waals surface area contributed by atoms with Crippen molar-refractivity contribution in [3.05, 3.63) is 78.4 Å². The van der Waals surface area contributed by atoms with Crippen molar-refractivity contribution in [2.45, 2.75) is 84.0 Å². The third-order valence-electron chi connectivity index (χ3n) is 5.15. The molecule has 180 valence electrons. The van der Waals surface area contributed by atoms with Gasteiger partial charge in [0, 0.05) is 12.1 Å². The van der Waals surface area contributed by atoms with E-state index in [-0.39, 0.29) is 11.5 Å². The van der Waals surface area contributed by atoms with Crippen molar-refractivity contribution in [1.29, 1.82) is 0 Å². The highest BCUT2D eigenvalue weighted by Gasteiger charge is 2.04. The second-order valence-electron chi connectivity index (χ2n) is 8.12. The smallest absolute Gasteiger partial charge is 0.335 e. The Labute approximate surface area is 200 Å². The summed E-state index contributed by atoms with van der Waals surface area (Å²) in [6, 6.07) is 6.21. The fourth-order valence-electron chi connectivity index (χ4n) is 3.21. The summed E-state index contributed by atoms with van der Waals surface area (Å²) in [5, 5.41) is 11.7. The van der Waals surface area contributed by atoms with Gasteiger partial charge in [0.2, 0.25) is 5.91 Å². The van der Waals surface area contributed by atoms with E-state index in [2.05, 4.69) is 60.8 Å². The fraction of sp³-hybridized carbons (Fsp3) is 0.448. The van der Waals surface area contributed by atoms with Gasteiger partial charge in [0.25, 0.3) is 0 Å². The lowest BCUT2D eigenvalue weighted by Gasteiger charge is -2.05. The van der Waals surface area contributed by atoms with Crippen LogP contribution in [0.2, 0.25) is 0 Å². The number of nitrogens with one attached hydrogen (secondary N) is 1. The van der Waals surface area contributed by atoms with E-state index in [4.69, 9.17) is 5.11 Å². The molecule has 1 aromatic carbocycles. The van der Waals surface area contributed by atoms with Gasteiger partial charge in [-0.25, -0.2) is 4.79 Å². The van der Waals surface area contributed by atoms with E-state index in [0.717, 1.165) is 44.9 Å². The van der Waals surface area contributed by atoms with E-state index < -0.39 is 5.97 Å². The van der Waals surface area contributed by atoms with Crippen molar-refractivity contribution in [3.63, 3.8) is 0 Å². The molecule has 0 saturated carbocycles. The van der Waals surface area contributed by atoms with Crippen LogP contribution in [0.1, 0.15) is 94.3 Å². The number of hydrogen-bond acceptors (Lipinski definition) is 2. The highest BCUT2D eigenvalue weighted by molar-refractivity contribution is 5.92. The van der Waals surface area contributed by atoms with E-state index in [1.165, 1.54) is 37.8 Å². The second kappa shape index (κ2) is 19.8. The minimum Gasteiger partial charge on any atom is -0.478 e. The third-order valence-corrected chi connectivity index (χ3v) is 5.15. The summed E-state index contributed by atoms with van der Waals surface area (Å²) in [4.78, 5) is 22.8. The van der Waals surface area contributed by atoms with Gasteiger partial charge >= 0.3 is 5.97 Å². The summed E-state index contributed by atoms with van der Waals surface area (Å²) in [5.41, 5.74) is 0.843. The standard InChI is InChI=1S/C29H41NO3/c1-2-3-4-5-6-7-8-9-10-11-12-13-14-15-16-17-18-19-20-21-28(31)30-27-24-22-26(23-25-27)29(32)33/h6-7,9-10,12-13,15-16,22-25H,2-5,8,11,14,17-21H2,1H3,(H,30,31)(H,32,33)/b7-6-,10-9-,13-12-,16-15-. The van der Waals surface area contributed by atoms with Crippen molar-refractivity contribution in [2.75, 3.05) is 5.32 Å². The molecule has 4 heteroatoms. The van der Waals surface area contributed by atoms with Crippen LogP contribution in [0.15, 0.2) is 72.9 Å². The van der Waals surface area contributed by atoms with Gasteiger partial charge < -0.3 is 10.4 Å². The van der Waals surface area contributed by atoms with Gasteiger partial charge in [0.15, 0.2) is 0 Å². The Morgan fingerprint density at radius 2 is 1.24 bits per heavy atom. The Hall–Kier alpha value is -2.88. The highest BCUT2D eigenvalue weighted by atomic mass is 16.4. The molecule has 1 amide bonds. The van der Waals surface area contributed by atoms with Crippen LogP contribution < -0.4 is 5.32 Å². The van der Waals surface area contributed by atoms with Crippen LogP contribution >= 0.6 is 0 Å². The number of carboxylic acids is 1. The first-order valence-electron chi connectivity index (χ1n) is 12.4. The lowest BCUT2D eigenvalue weighted by Crippen LogP contribution is -2.11. The van der Waals surface area contributed by atoms with Crippen LogP contribution in [0.4, 0.5) is 5.69 Å². The van der Waals surface area contributed by atoms with Gasteiger partial charge in [-0.2, -0.15) is 0 Å². The molecule has 1 aromatic rings. The number of anilines is 1. The number of carbonyl (C=O) groups is 2. The normalized spacial score (nSPS) is 11.9. The van der Waals surface area contributed by atoms with Gasteiger partial charge in [-0.1, -0.05) is 74.8 Å². The van der Waals surface area contributed by atoms with E-state index >= 15 is 0 Å². The number of rotatable bonds is 18. The van der Waals surface area contributed by atoms with E-state index in [0.29, 0.717) is 12.1 Å². The molecule has 0 saturated heterocycles.